The fourth-order valence-electron chi connectivity index (χ4n) is 2.65. The zero-order chi connectivity index (χ0) is 11.3. The van der Waals surface area contributed by atoms with Crippen molar-refractivity contribution < 1.29 is 4.74 Å². The predicted molar refractivity (Wildman–Crippen MR) is 67.3 cm³/mol. The molecule has 82 valence electrons. The number of ether oxygens (including phenoxy) is 1. The van der Waals surface area contributed by atoms with Crippen LogP contribution in [0.2, 0.25) is 0 Å². The minimum absolute atomic E-state index is 0.293. The van der Waals surface area contributed by atoms with Gasteiger partial charge < -0.3 is 4.74 Å². The van der Waals surface area contributed by atoms with Crippen LogP contribution in [-0.4, -0.2) is 7.11 Å². The minimum atomic E-state index is 0.293. The third-order valence-electron chi connectivity index (χ3n) is 3.69. The van der Waals surface area contributed by atoms with Crippen LogP contribution in [0.5, 0.6) is 5.75 Å². The lowest BCUT2D eigenvalue weighted by molar-refractivity contribution is 0.414. The second-order valence-corrected chi connectivity index (χ2v) is 5.22. The van der Waals surface area contributed by atoms with Crippen molar-refractivity contribution in [2.75, 3.05) is 7.11 Å². The van der Waals surface area contributed by atoms with Gasteiger partial charge in [-0.25, -0.2) is 0 Å². The first kappa shape index (κ1) is 9.71. The van der Waals surface area contributed by atoms with Crippen molar-refractivity contribution in [3.05, 3.63) is 41.0 Å². The summed E-state index contributed by atoms with van der Waals surface area (Å²) in [6, 6.07) is 6.33. The number of methoxy groups -OCH3 is 1. The smallest absolute Gasteiger partial charge is 0.119 e. The van der Waals surface area contributed by atoms with E-state index in [1.165, 1.54) is 22.3 Å². The van der Waals surface area contributed by atoms with Crippen LogP contribution in [0.1, 0.15) is 31.4 Å². The van der Waals surface area contributed by atoms with E-state index in [1.807, 2.05) is 6.07 Å². The lowest BCUT2D eigenvalue weighted by Crippen LogP contribution is -2.07. The Morgan fingerprint density at radius 3 is 2.81 bits per heavy atom. The molecule has 0 saturated heterocycles. The van der Waals surface area contributed by atoms with E-state index in [-0.39, 0.29) is 0 Å². The Hall–Kier alpha value is -1.50. The maximum Gasteiger partial charge on any atom is 0.119 e. The molecule has 0 amide bonds. The largest absolute Gasteiger partial charge is 0.497 e. The van der Waals surface area contributed by atoms with Crippen LogP contribution in [-0.2, 0) is 0 Å². The number of hydrogen-bond donors (Lipinski definition) is 0. The molecule has 0 aromatic heterocycles. The Morgan fingerprint density at radius 1 is 1.25 bits per heavy atom. The van der Waals surface area contributed by atoms with Crippen LogP contribution in [0.15, 0.2) is 29.8 Å². The second kappa shape index (κ2) is 3.00. The van der Waals surface area contributed by atoms with E-state index < -0.39 is 0 Å². The molecule has 2 aliphatic rings. The van der Waals surface area contributed by atoms with Gasteiger partial charge in [0.25, 0.3) is 0 Å². The quantitative estimate of drug-likeness (QED) is 0.686. The molecule has 0 aliphatic heterocycles. The van der Waals surface area contributed by atoms with Crippen molar-refractivity contribution in [1.29, 1.82) is 0 Å². The highest BCUT2D eigenvalue weighted by Crippen LogP contribution is 2.52. The second-order valence-electron chi connectivity index (χ2n) is 5.22. The first-order valence-electron chi connectivity index (χ1n) is 5.73. The molecule has 0 radical (unpaired) electrons. The molecule has 0 saturated carbocycles. The van der Waals surface area contributed by atoms with Crippen molar-refractivity contribution in [1.82, 2.24) is 0 Å². The molecular weight excluding hydrogens is 196 g/mol. The molecular formula is C15H16O. The summed E-state index contributed by atoms with van der Waals surface area (Å²) in [5.74, 6) is 0.944. The Morgan fingerprint density at radius 2 is 2.06 bits per heavy atom. The Bertz CT molecular complexity index is 518. The third-order valence-corrected chi connectivity index (χ3v) is 3.69. The molecule has 1 aromatic rings. The summed E-state index contributed by atoms with van der Waals surface area (Å²) in [6.45, 7) is 4.62. The Kier molecular flexibility index (Phi) is 1.82. The van der Waals surface area contributed by atoms with Crippen LogP contribution in [0.25, 0.3) is 11.6 Å². The predicted octanol–water partition coefficient (Wildman–Crippen LogP) is 3.91. The fraction of sp³-hybridized carbons (Fsp3) is 0.333. The van der Waals surface area contributed by atoms with Gasteiger partial charge in [0.1, 0.15) is 5.75 Å². The first-order chi connectivity index (χ1) is 7.62. The highest BCUT2D eigenvalue weighted by atomic mass is 16.5. The number of rotatable bonds is 1. The molecule has 16 heavy (non-hydrogen) atoms. The molecule has 0 spiro atoms. The van der Waals surface area contributed by atoms with Crippen LogP contribution in [0.4, 0.5) is 0 Å². The summed E-state index contributed by atoms with van der Waals surface area (Å²) >= 11 is 0. The van der Waals surface area contributed by atoms with Gasteiger partial charge >= 0.3 is 0 Å². The molecule has 0 N–H and O–H groups in total. The van der Waals surface area contributed by atoms with Gasteiger partial charge in [-0.2, -0.15) is 0 Å². The number of benzene rings is 1. The highest BCUT2D eigenvalue weighted by molar-refractivity contribution is 5.97. The molecule has 0 heterocycles. The standard InChI is InChI=1S/C15H16O/c1-15(2)7-6-12-13-9-11(16-3)5-4-10(13)8-14(12)15/h4-6,8-9H,7H2,1-3H3. The average Bonchev–Trinajstić information content (AvgIpc) is 2.77. The summed E-state index contributed by atoms with van der Waals surface area (Å²) in [5, 5.41) is 0. The SMILES string of the molecule is COc1ccc2c(c1)C1=CCC(C)(C)C1=C2. The molecule has 0 unspecified atom stereocenters. The van der Waals surface area contributed by atoms with Crippen molar-refractivity contribution >= 4 is 11.6 Å². The average molecular weight is 212 g/mol. The van der Waals surface area contributed by atoms with Crippen molar-refractivity contribution in [3.8, 4) is 5.75 Å². The maximum absolute atomic E-state index is 5.29. The van der Waals surface area contributed by atoms with Gasteiger partial charge in [0.15, 0.2) is 0 Å². The van der Waals surface area contributed by atoms with Crippen molar-refractivity contribution in [2.45, 2.75) is 20.3 Å². The van der Waals surface area contributed by atoms with Gasteiger partial charge in [-0.1, -0.05) is 26.0 Å². The number of hydrogen-bond acceptors (Lipinski definition) is 1. The van der Waals surface area contributed by atoms with Gasteiger partial charge in [0, 0.05) is 0 Å². The van der Waals surface area contributed by atoms with Gasteiger partial charge in [-0.15, -0.1) is 0 Å². The number of fused-ring (bicyclic) bond motifs is 3. The van der Waals surface area contributed by atoms with E-state index in [2.05, 4.69) is 38.1 Å². The Labute approximate surface area is 96.4 Å². The molecule has 0 atom stereocenters. The van der Waals surface area contributed by atoms with E-state index >= 15 is 0 Å². The van der Waals surface area contributed by atoms with Gasteiger partial charge in [0.05, 0.1) is 7.11 Å². The molecule has 2 aliphatic carbocycles. The van der Waals surface area contributed by atoms with Crippen molar-refractivity contribution in [3.63, 3.8) is 0 Å². The van der Waals surface area contributed by atoms with Crippen LogP contribution >= 0.6 is 0 Å². The summed E-state index contributed by atoms with van der Waals surface area (Å²) < 4.78 is 5.29. The summed E-state index contributed by atoms with van der Waals surface area (Å²) in [6.07, 6.45) is 5.83. The van der Waals surface area contributed by atoms with Crippen LogP contribution < -0.4 is 4.74 Å². The van der Waals surface area contributed by atoms with E-state index in [0.29, 0.717) is 5.41 Å². The fourth-order valence-corrected chi connectivity index (χ4v) is 2.65. The van der Waals surface area contributed by atoms with Crippen LogP contribution in [0, 0.1) is 5.41 Å². The van der Waals surface area contributed by atoms with E-state index in [1.54, 1.807) is 7.11 Å². The van der Waals surface area contributed by atoms with E-state index in [0.717, 1.165) is 12.2 Å². The normalized spacial score (nSPS) is 19.9. The topological polar surface area (TPSA) is 9.23 Å². The zero-order valence-corrected chi connectivity index (χ0v) is 10.0. The van der Waals surface area contributed by atoms with E-state index in [9.17, 15) is 0 Å². The van der Waals surface area contributed by atoms with Crippen molar-refractivity contribution in [2.24, 2.45) is 5.41 Å². The molecule has 1 heteroatoms. The molecule has 3 rings (SSSR count). The zero-order valence-electron chi connectivity index (χ0n) is 10.0. The molecule has 0 bridgehead atoms. The molecule has 1 aromatic carbocycles. The van der Waals surface area contributed by atoms with Gasteiger partial charge in [-0.3, -0.25) is 0 Å². The highest BCUT2D eigenvalue weighted by Gasteiger charge is 2.35. The van der Waals surface area contributed by atoms with Gasteiger partial charge in [0.2, 0.25) is 0 Å². The third kappa shape index (κ3) is 1.18. The maximum atomic E-state index is 5.29. The monoisotopic (exact) mass is 212 g/mol. The lowest BCUT2D eigenvalue weighted by atomic mass is 9.85. The van der Waals surface area contributed by atoms with Crippen LogP contribution in [0.3, 0.4) is 0 Å². The number of allylic oxidation sites excluding steroid dienone is 3. The molecule has 1 nitrogen and oxygen atoms in total. The Balaban J connectivity index is 2.14. The van der Waals surface area contributed by atoms with E-state index in [4.69, 9.17) is 4.74 Å². The summed E-state index contributed by atoms with van der Waals surface area (Å²) in [5.41, 5.74) is 5.85. The molecule has 0 fully saturated rings. The first-order valence-corrected chi connectivity index (χ1v) is 5.73. The van der Waals surface area contributed by atoms with Gasteiger partial charge in [-0.05, 0) is 52.3 Å². The lowest BCUT2D eigenvalue weighted by Gasteiger charge is -2.19. The summed E-state index contributed by atoms with van der Waals surface area (Å²) in [4.78, 5) is 0. The summed E-state index contributed by atoms with van der Waals surface area (Å²) in [7, 11) is 1.72. The minimum Gasteiger partial charge on any atom is -0.497 e.